The van der Waals surface area contributed by atoms with E-state index >= 15 is 0 Å². The summed E-state index contributed by atoms with van der Waals surface area (Å²) in [7, 11) is -2.94. The van der Waals surface area contributed by atoms with Gasteiger partial charge in [0.05, 0.1) is 18.5 Å². The highest BCUT2D eigenvalue weighted by atomic mass is 32.2. The average Bonchev–Trinajstić information content (AvgIpc) is 1.98. The smallest absolute Gasteiger partial charge is 0.149 e. The van der Waals surface area contributed by atoms with Crippen molar-refractivity contribution in [2.45, 2.75) is 32.9 Å². The first kappa shape index (κ1) is 13.9. The third-order valence-corrected chi connectivity index (χ3v) is 2.64. The summed E-state index contributed by atoms with van der Waals surface area (Å²) in [5, 5.41) is 3.09. The second-order valence-corrected chi connectivity index (χ2v) is 5.91. The molecule has 0 saturated heterocycles. The number of hydrogen-bond donors (Lipinski definition) is 1. The lowest BCUT2D eigenvalue weighted by Gasteiger charge is -2.18. The molecular formula is C9H21NO3S. The van der Waals surface area contributed by atoms with Crippen LogP contribution < -0.4 is 5.32 Å². The van der Waals surface area contributed by atoms with Crippen LogP contribution >= 0.6 is 0 Å². The predicted molar refractivity (Wildman–Crippen MR) is 58.3 cm³/mol. The molecule has 1 unspecified atom stereocenters. The Morgan fingerprint density at radius 1 is 1.36 bits per heavy atom. The van der Waals surface area contributed by atoms with Gasteiger partial charge in [0.25, 0.3) is 0 Å². The Balaban J connectivity index is 4.02. The van der Waals surface area contributed by atoms with E-state index in [1.165, 1.54) is 6.26 Å². The second-order valence-electron chi connectivity index (χ2n) is 3.73. The molecule has 86 valence electrons. The van der Waals surface area contributed by atoms with E-state index < -0.39 is 9.84 Å². The van der Waals surface area contributed by atoms with Crippen molar-refractivity contribution in [2.75, 3.05) is 25.2 Å². The summed E-state index contributed by atoms with van der Waals surface area (Å²) < 4.78 is 27.5. The molecule has 0 fully saturated rings. The lowest BCUT2D eigenvalue weighted by Crippen LogP contribution is -2.39. The third kappa shape index (κ3) is 8.47. The molecule has 0 saturated carbocycles. The molecule has 0 aliphatic carbocycles. The first-order chi connectivity index (χ1) is 6.35. The lowest BCUT2D eigenvalue weighted by atomic mass is 10.3. The molecule has 5 heteroatoms. The molecule has 14 heavy (non-hydrogen) atoms. The lowest BCUT2D eigenvalue weighted by molar-refractivity contribution is 0.0655. The molecule has 1 N–H and O–H groups in total. The van der Waals surface area contributed by atoms with E-state index in [1.807, 2.05) is 20.8 Å². The molecule has 0 spiro atoms. The summed E-state index contributed by atoms with van der Waals surface area (Å²) in [4.78, 5) is 0. The van der Waals surface area contributed by atoms with Crippen LogP contribution in [0, 0.1) is 0 Å². The Morgan fingerprint density at radius 2 is 1.93 bits per heavy atom. The van der Waals surface area contributed by atoms with Crippen LogP contribution in [0.25, 0.3) is 0 Å². The highest BCUT2D eigenvalue weighted by Gasteiger charge is 2.14. The number of ether oxygens (including phenoxy) is 1. The standard InChI is InChI=1S/C9H21NO3S/c1-5-10-9(6-13-8(2)3)7-14(4,11)12/h8-10H,5-7H2,1-4H3. The van der Waals surface area contributed by atoms with Gasteiger partial charge >= 0.3 is 0 Å². The number of sulfone groups is 1. The van der Waals surface area contributed by atoms with Gasteiger partial charge in [-0.1, -0.05) is 6.92 Å². The normalized spacial score (nSPS) is 14.6. The summed E-state index contributed by atoms with van der Waals surface area (Å²) >= 11 is 0. The first-order valence-electron chi connectivity index (χ1n) is 4.88. The van der Waals surface area contributed by atoms with E-state index in [0.717, 1.165) is 6.54 Å². The van der Waals surface area contributed by atoms with Gasteiger partial charge in [0.1, 0.15) is 9.84 Å². The zero-order chi connectivity index (χ0) is 11.2. The Kier molecular flexibility index (Phi) is 6.31. The Morgan fingerprint density at radius 3 is 2.29 bits per heavy atom. The predicted octanol–water partition coefficient (Wildman–Crippen LogP) is 0.434. The summed E-state index contributed by atoms with van der Waals surface area (Å²) in [6.07, 6.45) is 1.38. The van der Waals surface area contributed by atoms with Crippen molar-refractivity contribution in [1.29, 1.82) is 0 Å². The van der Waals surface area contributed by atoms with Crippen molar-refractivity contribution < 1.29 is 13.2 Å². The Bertz CT molecular complexity index is 236. The first-order valence-corrected chi connectivity index (χ1v) is 6.94. The van der Waals surface area contributed by atoms with Crippen LogP contribution in [0.3, 0.4) is 0 Å². The molecule has 0 aromatic heterocycles. The van der Waals surface area contributed by atoms with Crippen LogP contribution in [-0.2, 0) is 14.6 Å². The van der Waals surface area contributed by atoms with Crippen LogP contribution in [0.5, 0.6) is 0 Å². The maximum absolute atomic E-state index is 11.1. The number of hydrogen-bond acceptors (Lipinski definition) is 4. The van der Waals surface area contributed by atoms with E-state index in [2.05, 4.69) is 5.32 Å². The van der Waals surface area contributed by atoms with Crippen molar-refractivity contribution in [1.82, 2.24) is 5.32 Å². The van der Waals surface area contributed by atoms with Crippen molar-refractivity contribution in [3.63, 3.8) is 0 Å². The van der Waals surface area contributed by atoms with Gasteiger partial charge in [0.15, 0.2) is 0 Å². The minimum atomic E-state index is -2.94. The third-order valence-electron chi connectivity index (χ3n) is 1.63. The van der Waals surface area contributed by atoms with Crippen LogP contribution in [0.2, 0.25) is 0 Å². The zero-order valence-electron chi connectivity index (χ0n) is 9.41. The average molecular weight is 223 g/mol. The number of rotatable bonds is 7. The van der Waals surface area contributed by atoms with Gasteiger partial charge in [-0.25, -0.2) is 8.42 Å². The van der Waals surface area contributed by atoms with Crippen LogP contribution in [0.15, 0.2) is 0 Å². The summed E-state index contributed by atoms with van der Waals surface area (Å²) in [6, 6.07) is -0.0996. The maximum Gasteiger partial charge on any atom is 0.149 e. The number of likely N-dealkylation sites (N-methyl/N-ethyl adjacent to an activating group) is 1. The van der Waals surface area contributed by atoms with Gasteiger partial charge < -0.3 is 10.1 Å². The van der Waals surface area contributed by atoms with Crippen LogP contribution in [0.4, 0.5) is 0 Å². The topological polar surface area (TPSA) is 55.4 Å². The van der Waals surface area contributed by atoms with E-state index in [9.17, 15) is 8.42 Å². The fraction of sp³-hybridized carbons (Fsp3) is 1.00. The highest BCUT2D eigenvalue weighted by Crippen LogP contribution is 1.96. The van der Waals surface area contributed by atoms with Gasteiger partial charge in [-0.3, -0.25) is 0 Å². The minimum Gasteiger partial charge on any atom is -0.377 e. The van der Waals surface area contributed by atoms with Crippen LogP contribution in [-0.4, -0.2) is 45.7 Å². The fourth-order valence-corrected chi connectivity index (χ4v) is 2.07. The molecular weight excluding hydrogens is 202 g/mol. The molecule has 0 heterocycles. The number of nitrogens with one attached hydrogen (secondary N) is 1. The molecule has 0 aliphatic heterocycles. The molecule has 0 amide bonds. The van der Waals surface area contributed by atoms with Gasteiger partial charge in [0, 0.05) is 12.3 Å². The summed E-state index contributed by atoms with van der Waals surface area (Å²) in [5.41, 5.74) is 0. The zero-order valence-corrected chi connectivity index (χ0v) is 10.2. The van der Waals surface area contributed by atoms with Crippen molar-refractivity contribution in [3.05, 3.63) is 0 Å². The molecule has 0 aliphatic rings. The molecule has 1 atom stereocenters. The molecule has 0 rings (SSSR count). The molecule has 0 bridgehead atoms. The molecule has 0 aromatic carbocycles. The van der Waals surface area contributed by atoms with Crippen molar-refractivity contribution in [3.8, 4) is 0 Å². The van der Waals surface area contributed by atoms with Gasteiger partial charge in [-0.2, -0.15) is 0 Å². The largest absolute Gasteiger partial charge is 0.377 e. The van der Waals surface area contributed by atoms with Gasteiger partial charge in [-0.05, 0) is 20.4 Å². The van der Waals surface area contributed by atoms with Gasteiger partial charge in [-0.15, -0.1) is 0 Å². The molecule has 4 nitrogen and oxygen atoms in total. The summed E-state index contributed by atoms with van der Waals surface area (Å²) in [6.45, 7) is 7.01. The van der Waals surface area contributed by atoms with Crippen molar-refractivity contribution in [2.24, 2.45) is 0 Å². The second kappa shape index (κ2) is 6.37. The van der Waals surface area contributed by atoms with E-state index in [-0.39, 0.29) is 17.9 Å². The van der Waals surface area contributed by atoms with Crippen LogP contribution in [0.1, 0.15) is 20.8 Å². The SMILES string of the molecule is CCNC(COC(C)C)CS(C)(=O)=O. The van der Waals surface area contributed by atoms with Gasteiger partial charge in [0.2, 0.25) is 0 Å². The van der Waals surface area contributed by atoms with E-state index in [4.69, 9.17) is 4.74 Å². The van der Waals surface area contributed by atoms with Crippen molar-refractivity contribution >= 4 is 9.84 Å². The summed E-state index contributed by atoms with van der Waals surface area (Å²) in [5.74, 6) is 0.132. The maximum atomic E-state index is 11.1. The fourth-order valence-electron chi connectivity index (χ4n) is 1.13. The quantitative estimate of drug-likeness (QED) is 0.680. The van der Waals surface area contributed by atoms with E-state index in [1.54, 1.807) is 0 Å². The van der Waals surface area contributed by atoms with E-state index in [0.29, 0.717) is 6.61 Å². The minimum absolute atomic E-state index is 0.0996. The monoisotopic (exact) mass is 223 g/mol. The molecule has 0 radical (unpaired) electrons. The highest BCUT2D eigenvalue weighted by molar-refractivity contribution is 7.90. The molecule has 0 aromatic rings. The Labute approximate surface area is 86.9 Å². The Hall–Kier alpha value is -0.130.